The maximum Gasteiger partial charge on any atom is 0.293 e. The molecule has 1 aromatic carbocycles. The van der Waals surface area contributed by atoms with Gasteiger partial charge in [0.05, 0.1) is 12.7 Å². The van der Waals surface area contributed by atoms with E-state index in [9.17, 15) is 14.4 Å². The Kier molecular flexibility index (Phi) is 2.79. The molecule has 0 aliphatic heterocycles. The summed E-state index contributed by atoms with van der Waals surface area (Å²) in [6, 6.07) is 6.63. The van der Waals surface area contributed by atoms with Crippen molar-refractivity contribution >= 4 is 11.6 Å². The van der Waals surface area contributed by atoms with Crippen LogP contribution in [-0.2, 0) is 7.05 Å². The molecule has 0 radical (unpaired) electrons. The molecule has 0 bridgehead atoms. The standard InChI is InChI=1S/C16H13NO4/c1-8-11-12(17(2)16(20)15(8)21-3)14(19)10-7-5-4-6-9(10)13(11)18/h4-7H,1-3H3. The van der Waals surface area contributed by atoms with Crippen LogP contribution in [0.15, 0.2) is 29.1 Å². The van der Waals surface area contributed by atoms with E-state index in [-0.39, 0.29) is 28.6 Å². The van der Waals surface area contributed by atoms with Crippen molar-refractivity contribution in [1.29, 1.82) is 0 Å². The molecule has 3 rings (SSSR count). The number of methoxy groups -OCH3 is 1. The van der Waals surface area contributed by atoms with Crippen LogP contribution in [0.5, 0.6) is 5.75 Å². The Hall–Kier alpha value is -2.69. The van der Waals surface area contributed by atoms with E-state index in [1.807, 2.05) is 0 Å². The topological polar surface area (TPSA) is 65.4 Å². The summed E-state index contributed by atoms with van der Waals surface area (Å²) < 4.78 is 6.29. The van der Waals surface area contributed by atoms with E-state index in [1.54, 1.807) is 31.2 Å². The highest BCUT2D eigenvalue weighted by Crippen LogP contribution is 2.31. The Morgan fingerprint density at radius 1 is 1.00 bits per heavy atom. The van der Waals surface area contributed by atoms with Gasteiger partial charge < -0.3 is 9.30 Å². The Balaban J connectivity index is 2.47. The van der Waals surface area contributed by atoms with Gasteiger partial charge in [-0.2, -0.15) is 0 Å². The second-order valence-corrected chi connectivity index (χ2v) is 4.95. The minimum Gasteiger partial charge on any atom is -0.491 e. The van der Waals surface area contributed by atoms with Crippen molar-refractivity contribution in [3.05, 3.63) is 62.6 Å². The van der Waals surface area contributed by atoms with Crippen LogP contribution >= 0.6 is 0 Å². The molecule has 5 heteroatoms. The van der Waals surface area contributed by atoms with E-state index < -0.39 is 5.56 Å². The van der Waals surface area contributed by atoms with E-state index in [1.165, 1.54) is 18.7 Å². The molecule has 0 fully saturated rings. The van der Waals surface area contributed by atoms with Gasteiger partial charge in [-0.1, -0.05) is 24.3 Å². The zero-order valence-electron chi connectivity index (χ0n) is 11.9. The molecule has 0 N–H and O–H groups in total. The second-order valence-electron chi connectivity index (χ2n) is 4.95. The largest absolute Gasteiger partial charge is 0.491 e. The Morgan fingerprint density at radius 3 is 2.14 bits per heavy atom. The number of ether oxygens (including phenoxy) is 1. The second kappa shape index (κ2) is 4.41. The molecule has 106 valence electrons. The highest BCUT2D eigenvalue weighted by atomic mass is 16.5. The van der Waals surface area contributed by atoms with Gasteiger partial charge in [0, 0.05) is 23.7 Å². The highest BCUT2D eigenvalue weighted by Gasteiger charge is 2.34. The summed E-state index contributed by atoms with van der Waals surface area (Å²) >= 11 is 0. The summed E-state index contributed by atoms with van der Waals surface area (Å²) in [6.07, 6.45) is 0. The summed E-state index contributed by atoms with van der Waals surface area (Å²) in [6.45, 7) is 1.62. The molecule has 0 atom stereocenters. The maximum absolute atomic E-state index is 12.7. The van der Waals surface area contributed by atoms with Gasteiger partial charge >= 0.3 is 0 Å². The quantitative estimate of drug-likeness (QED) is 0.678. The van der Waals surface area contributed by atoms with Crippen molar-refractivity contribution in [2.24, 2.45) is 7.05 Å². The molecule has 0 spiro atoms. The molecule has 0 unspecified atom stereocenters. The number of hydrogen-bond acceptors (Lipinski definition) is 4. The highest BCUT2D eigenvalue weighted by molar-refractivity contribution is 6.28. The first kappa shape index (κ1) is 13.3. The van der Waals surface area contributed by atoms with Gasteiger partial charge in [-0.25, -0.2) is 0 Å². The van der Waals surface area contributed by atoms with Crippen molar-refractivity contribution in [2.45, 2.75) is 6.92 Å². The first-order chi connectivity index (χ1) is 9.99. The van der Waals surface area contributed by atoms with Gasteiger partial charge in [-0.3, -0.25) is 14.4 Å². The third kappa shape index (κ3) is 1.60. The van der Waals surface area contributed by atoms with E-state index in [4.69, 9.17) is 4.74 Å². The zero-order valence-corrected chi connectivity index (χ0v) is 11.9. The van der Waals surface area contributed by atoms with E-state index in [2.05, 4.69) is 0 Å². The smallest absolute Gasteiger partial charge is 0.293 e. The van der Waals surface area contributed by atoms with Crippen LogP contribution in [0.2, 0.25) is 0 Å². The lowest BCUT2D eigenvalue weighted by atomic mass is 9.84. The first-order valence-corrected chi connectivity index (χ1v) is 6.45. The van der Waals surface area contributed by atoms with Crippen molar-refractivity contribution < 1.29 is 14.3 Å². The lowest BCUT2D eigenvalue weighted by Crippen LogP contribution is -2.33. The van der Waals surface area contributed by atoms with Crippen LogP contribution in [0, 0.1) is 6.92 Å². The Labute approximate surface area is 120 Å². The van der Waals surface area contributed by atoms with Gasteiger partial charge in [0.15, 0.2) is 11.5 Å². The summed E-state index contributed by atoms with van der Waals surface area (Å²) in [4.78, 5) is 37.5. The fourth-order valence-corrected chi connectivity index (χ4v) is 2.80. The van der Waals surface area contributed by atoms with Crippen molar-refractivity contribution in [2.75, 3.05) is 7.11 Å². The van der Waals surface area contributed by atoms with Gasteiger partial charge in [0.1, 0.15) is 5.69 Å². The summed E-state index contributed by atoms with van der Waals surface area (Å²) in [5.74, 6) is -0.478. The predicted octanol–water partition coefficient (Wildman–Crippen LogP) is 1.48. The molecule has 0 saturated heterocycles. The Morgan fingerprint density at radius 2 is 1.57 bits per heavy atom. The van der Waals surface area contributed by atoms with Gasteiger partial charge in [-0.15, -0.1) is 0 Å². The molecular formula is C16H13NO4. The zero-order chi connectivity index (χ0) is 15.3. The van der Waals surface area contributed by atoms with Crippen molar-refractivity contribution in [3.8, 4) is 5.75 Å². The van der Waals surface area contributed by atoms with Gasteiger partial charge in [0.25, 0.3) is 5.56 Å². The number of nitrogens with zero attached hydrogens (tertiary/aromatic N) is 1. The number of hydrogen-bond donors (Lipinski definition) is 0. The molecular weight excluding hydrogens is 270 g/mol. The van der Waals surface area contributed by atoms with E-state index in [0.29, 0.717) is 16.7 Å². The Bertz CT molecular complexity index is 861. The van der Waals surface area contributed by atoms with E-state index >= 15 is 0 Å². The average molecular weight is 283 g/mol. The predicted molar refractivity (Wildman–Crippen MR) is 76.3 cm³/mol. The van der Waals surface area contributed by atoms with Crippen LogP contribution in [0.3, 0.4) is 0 Å². The van der Waals surface area contributed by atoms with Crippen LogP contribution < -0.4 is 10.3 Å². The third-order valence-corrected chi connectivity index (χ3v) is 3.85. The van der Waals surface area contributed by atoms with Crippen LogP contribution in [0.4, 0.5) is 0 Å². The van der Waals surface area contributed by atoms with Crippen LogP contribution in [0.25, 0.3) is 0 Å². The van der Waals surface area contributed by atoms with Crippen molar-refractivity contribution in [1.82, 2.24) is 4.57 Å². The average Bonchev–Trinajstić information content (AvgIpc) is 2.49. The number of aromatic nitrogens is 1. The molecule has 2 aromatic rings. The molecule has 1 heterocycles. The molecule has 1 aliphatic rings. The summed E-state index contributed by atoms with van der Waals surface area (Å²) in [5.41, 5.74) is 1.05. The molecule has 1 aromatic heterocycles. The minimum atomic E-state index is -0.422. The molecule has 21 heavy (non-hydrogen) atoms. The monoisotopic (exact) mass is 283 g/mol. The number of rotatable bonds is 1. The SMILES string of the molecule is COc1c(C)c2c(n(C)c1=O)C(=O)c1ccccc1C2=O. The number of benzene rings is 1. The van der Waals surface area contributed by atoms with Crippen LogP contribution in [-0.4, -0.2) is 23.2 Å². The number of fused-ring (bicyclic) bond motifs is 2. The van der Waals surface area contributed by atoms with Gasteiger partial charge in [0.2, 0.25) is 5.78 Å². The maximum atomic E-state index is 12.7. The van der Waals surface area contributed by atoms with Gasteiger partial charge in [-0.05, 0) is 6.92 Å². The number of pyridine rings is 1. The fraction of sp³-hybridized carbons (Fsp3) is 0.188. The first-order valence-electron chi connectivity index (χ1n) is 6.45. The third-order valence-electron chi connectivity index (χ3n) is 3.85. The number of carbonyl (C=O) groups is 2. The minimum absolute atomic E-state index is 0.0942. The number of carbonyl (C=O) groups excluding carboxylic acids is 2. The summed E-state index contributed by atoms with van der Waals surface area (Å²) in [7, 11) is 2.85. The lowest BCUT2D eigenvalue weighted by molar-refractivity contribution is 0.0970. The van der Waals surface area contributed by atoms with Crippen molar-refractivity contribution in [3.63, 3.8) is 0 Å². The van der Waals surface area contributed by atoms with E-state index in [0.717, 1.165) is 0 Å². The molecule has 1 aliphatic carbocycles. The fourth-order valence-electron chi connectivity index (χ4n) is 2.80. The lowest BCUT2D eigenvalue weighted by Gasteiger charge is -2.22. The number of ketones is 2. The summed E-state index contributed by atoms with van der Waals surface area (Å²) in [5, 5.41) is 0. The molecule has 0 amide bonds. The normalized spacial score (nSPS) is 12.9. The van der Waals surface area contributed by atoms with Crippen LogP contribution in [0.1, 0.15) is 37.5 Å². The molecule has 5 nitrogen and oxygen atoms in total. The molecule has 0 saturated carbocycles.